The first kappa shape index (κ1) is 25.7. The van der Waals surface area contributed by atoms with Crippen molar-refractivity contribution in [3.8, 4) is 16.9 Å². The minimum absolute atomic E-state index is 0. The summed E-state index contributed by atoms with van der Waals surface area (Å²) in [5, 5.41) is 21.0. The molecule has 0 saturated heterocycles. The number of carbonyl (C=O) groups excluding carboxylic acids is 1. The second kappa shape index (κ2) is 10.9. The number of phenols is 1. The minimum atomic E-state index is -0.0445. The van der Waals surface area contributed by atoms with Gasteiger partial charge in [-0.1, -0.05) is 30.3 Å². The molecule has 2 heterocycles. The van der Waals surface area contributed by atoms with Crippen LogP contribution in [0.4, 0.5) is 0 Å². The third-order valence-corrected chi connectivity index (χ3v) is 5.88. The summed E-state index contributed by atoms with van der Waals surface area (Å²) < 4.78 is 8.03. The molecule has 0 amide bonds. The van der Waals surface area contributed by atoms with Crippen LogP contribution in [0.3, 0.4) is 0 Å². The van der Waals surface area contributed by atoms with Crippen LogP contribution in [-0.4, -0.2) is 11.6 Å². The molecule has 0 aliphatic rings. The van der Waals surface area contributed by atoms with Gasteiger partial charge in [0.25, 0.3) is 0 Å². The fraction of sp³-hybridized carbons (Fsp3) is 0.0435. The zero-order valence-electron chi connectivity index (χ0n) is 16.8. The van der Waals surface area contributed by atoms with Gasteiger partial charge in [-0.2, -0.15) is 0 Å². The molecule has 0 aliphatic heterocycles. The molecule has 0 saturated carbocycles. The van der Waals surface area contributed by atoms with E-state index in [9.17, 15) is 9.90 Å². The van der Waals surface area contributed by atoms with Gasteiger partial charge in [0.2, 0.25) is 0 Å². The van der Waals surface area contributed by atoms with Crippen molar-refractivity contribution in [2.75, 3.05) is 0 Å². The van der Waals surface area contributed by atoms with E-state index in [4.69, 9.17) is 14.3 Å². The van der Waals surface area contributed by atoms with E-state index in [1.54, 1.807) is 30.4 Å². The average Bonchev–Trinajstić information content (AvgIpc) is 3.09. The van der Waals surface area contributed by atoms with Crippen molar-refractivity contribution in [3.63, 3.8) is 0 Å². The third-order valence-electron chi connectivity index (χ3n) is 4.67. The summed E-state index contributed by atoms with van der Waals surface area (Å²) in [6, 6.07) is 18.8. The molecule has 2 aromatic heterocycles. The Morgan fingerprint density at radius 2 is 1.68 bits per heavy atom. The molecule has 0 spiro atoms. The quantitative estimate of drug-likeness (QED) is 0.268. The number of para-hydroxylation sites is 1. The van der Waals surface area contributed by atoms with Gasteiger partial charge in [0.05, 0.1) is 5.39 Å². The van der Waals surface area contributed by atoms with E-state index in [-0.39, 0.29) is 79.9 Å². The molecule has 8 heteroatoms. The summed E-state index contributed by atoms with van der Waals surface area (Å²) in [5.41, 5.74) is 2.36. The third kappa shape index (κ3) is 4.80. The Morgan fingerprint density at radius 3 is 2.42 bits per heavy atom. The maximum atomic E-state index is 12.3. The van der Waals surface area contributed by atoms with Crippen LogP contribution in [0.25, 0.3) is 42.3 Å². The normalized spacial score (nSPS) is 10.1. The first-order valence-corrected chi connectivity index (χ1v) is 9.53. The second-order valence-corrected chi connectivity index (χ2v) is 7.47. The summed E-state index contributed by atoms with van der Waals surface area (Å²) in [7, 11) is 0. The maximum Gasteiger partial charge on any atom is 1.00 e. The Balaban J connectivity index is 0.000000648. The number of aromatic hydroxyl groups is 1. The average molecular weight is 514 g/mol. The Bertz CT molecular complexity index is 1440. The topological polar surface area (TPSA) is 90.6 Å². The number of hydrogen-bond donors (Lipinski definition) is 1. The van der Waals surface area contributed by atoms with Crippen LogP contribution in [0.5, 0.6) is 5.75 Å². The summed E-state index contributed by atoms with van der Waals surface area (Å²) in [4.78, 5) is 20.5. The number of benzene rings is 3. The van der Waals surface area contributed by atoms with Crippen LogP contribution in [0.2, 0.25) is 0 Å². The van der Waals surface area contributed by atoms with E-state index in [0.29, 0.717) is 16.7 Å². The monoisotopic (exact) mass is 514 g/mol. The number of fused-ring (bicyclic) bond motifs is 4. The van der Waals surface area contributed by atoms with Crippen molar-refractivity contribution in [2.24, 2.45) is 0 Å². The Morgan fingerprint density at radius 1 is 1.00 bits per heavy atom. The molecule has 3 aromatic carbocycles. The van der Waals surface area contributed by atoms with Gasteiger partial charge in [-0.05, 0) is 31.2 Å². The van der Waals surface area contributed by atoms with Crippen LogP contribution >= 0.6 is 11.3 Å². The summed E-state index contributed by atoms with van der Waals surface area (Å²) in [6.45, 7) is 2.03. The van der Waals surface area contributed by atoms with Crippen LogP contribution in [0, 0.1) is 6.92 Å². The standard InChI is InChI=1S/C22H14O3S.CO2.Na.Y/c1-12-11-18(24)15-7-4-6-13(21(15)25-12)14-9-10-17(23)20-16-5-2-3-8-19(16)26-22(14)20;2-1-3;;/h2-11,23H,1H3;;;/q;-2;+1;. The predicted molar refractivity (Wildman–Crippen MR) is 113 cm³/mol. The van der Waals surface area contributed by atoms with Crippen LogP contribution in [0.1, 0.15) is 5.76 Å². The molecule has 1 N–H and O–H groups in total. The van der Waals surface area contributed by atoms with Crippen molar-refractivity contribution in [2.45, 2.75) is 6.92 Å². The van der Waals surface area contributed by atoms with E-state index in [1.807, 2.05) is 36.4 Å². The van der Waals surface area contributed by atoms with Gasteiger partial charge in [-0.15, -0.1) is 11.3 Å². The van der Waals surface area contributed by atoms with Crippen molar-refractivity contribution in [1.82, 2.24) is 0 Å². The molecule has 0 atom stereocenters. The fourth-order valence-corrected chi connectivity index (χ4v) is 4.78. The van der Waals surface area contributed by atoms with E-state index in [0.717, 1.165) is 31.3 Å². The van der Waals surface area contributed by atoms with Gasteiger partial charge in [-0.25, -0.2) is 0 Å². The summed E-state index contributed by atoms with van der Waals surface area (Å²) >= 11 is 1.63. The van der Waals surface area contributed by atoms with Gasteiger partial charge in [0, 0.05) is 70.1 Å². The van der Waals surface area contributed by atoms with Crippen molar-refractivity contribution in [1.29, 1.82) is 0 Å². The van der Waals surface area contributed by atoms with Gasteiger partial charge >= 0.3 is 29.6 Å². The first-order valence-electron chi connectivity index (χ1n) is 8.71. The Kier molecular flexibility index (Phi) is 9.01. The van der Waals surface area contributed by atoms with Crippen molar-refractivity contribution >= 4 is 49.0 Å². The van der Waals surface area contributed by atoms with E-state index >= 15 is 0 Å². The van der Waals surface area contributed by atoms with Crippen LogP contribution in [-0.2, 0) is 37.5 Å². The molecule has 0 fully saturated rings. The van der Waals surface area contributed by atoms with Gasteiger partial charge in [0.15, 0.2) is 5.43 Å². The number of rotatable bonds is 1. The molecule has 5 aromatic rings. The summed E-state index contributed by atoms with van der Waals surface area (Å²) in [5.74, 6) is 0.848. The molecule has 5 nitrogen and oxygen atoms in total. The molecule has 5 rings (SSSR count). The van der Waals surface area contributed by atoms with Crippen LogP contribution in [0.15, 0.2) is 69.9 Å². The minimum Gasteiger partial charge on any atom is -0.794 e. The largest absolute Gasteiger partial charge is 1.00 e. The van der Waals surface area contributed by atoms with E-state index in [2.05, 4.69) is 6.07 Å². The second-order valence-electron chi connectivity index (χ2n) is 6.42. The molecule has 31 heavy (non-hydrogen) atoms. The molecule has 0 unspecified atom stereocenters. The van der Waals surface area contributed by atoms with Crippen molar-refractivity contribution in [3.05, 3.63) is 76.6 Å². The van der Waals surface area contributed by atoms with Crippen molar-refractivity contribution < 1.29 is 81.7 Å². The maximum absolute atomic E-state index is 12.3. The van der Waals surface area contributed by atoms with E-state index < -0.39 is 0 Å². The number of phenolic OH excluding ortho intramolecular Hbond substituents is 1. The SMILES string of the molecule is Cc1cc(=O)c2cccc(-c3ccc(O)c4c3sc3ccccc34)c2o1.O=[C-][O-].[Na+].[Y]. The molecule has 0 aliphatic carbocycles. The zero-order chi connectivity index (χ0) is 20.5. The van der Waals surface area contributed by atoms with Gasteiger partial charge < -0.3 is 25.9 Å². The molecular formula is C23H14NaO5SY-. The summed E-state index contributed by atoms with van der Waals surface area (Å²) in [6.07, 6.45) is 0. The molecule has 1 radical (unpaired) electrons. The smallest absolute Gasteiger partial charge is 0.794 e. The van der Waals surface area contributed by atoms with Gasteiger partial charge in [-0.3, -0.25) is 4.79 Å². The number of hydrogen-bond acceptors (Lipinski definition) is 6. The fourth-order valence-electron chi connectivity index (χ4n) is 3.53. The Labute approximate surface area is 228 Å². The zero-order valence-corrected chi connectivity index (χ0v) is 22.5. The molecule has 0 bridgehead atoms. The van der Waals surface area contributed by atoms with Crippen LogP contribution < -0.4 is 40.1 Å². The van der Waals surface area contributed by atoms with E-state index in [1.165, 1.54) is 6.07 Å². The Hall–Kier alpha value is -1.54. The predicted octanol–water partition coefficient (Wildman–Crippen LogP) is 1.12. The molecule has 147 valence electrons. The first-order chi connectivity index (χ1) is 14.0. The number of aryl methyl sites for hydroxylation is 1. The molecular weight excluding hydrogens is 500 g/mol. The number of thiophene rings is 1. The van der Waals surface area contributed by atoms with Gasteiger partial charge in [0.1, 0.15) is 17.1 Å².